The minimum atomic E-state index is -0.0401. The minimum absolute atomic E-state index is 0.0251. The Morgan fingerprint density at radius 3 is 2.61 bits per heavy atom. The predicted octanol–water partition coefficient (Wildman–Crippen LogP) is 2.42. The maximum absolute atomic E-state index is 13.3. The molecule has 2 fully saturated rings. The Morgan fingerprint density at radius 2 is 1.96 bits per heavy atom. The smallest absolute Gasteiger partial charge is 0.230 e. The molecule has 0 radical (unpaired) electrons. The summed E-state index contributed by atoms with van der Waals surface area (Å²) < 4.78 is 7.17. The van der Waals surface area contributed by atoms with Gasteiger partial charge in [-0.1, -0.05) is 30.3 Å². The van der Waals surface area contributed by atoms with Crippen LogP contribution in [0.3, 0.4) is 0 Å². The second-order valence-corrected chi connectivity index (χ2v) is 8.17. The number of aryl methyl sites for hydroxylation is 1. The van der Waals surface area contributed by atoms with Crippen LogP contribution in [0.1, 0.15) is 36.3 Å². The van der Waals surface area contributed by atoms with Crippen LogP contribution in [0.25, 0.3) is 0 Å². The lowest BCUT2D eigenvalue weighted by molar-refractivity contribution is -0.134. The molecule has 2 aliphatic rings. The summed E-state index contributed by atoms with van der Waals surface area (Å²) in [5, 5.41) is 4.28. The number of piperidine rings is 1. The lowest BCUT2D eigenvalue weighted by atomic mass is 9.81. The molecule has 150 valence electrons. The van der Waals surface area contributed by atoms with Gasteiger partial charge in [0, 0.05) is 57.6 Å². The lowest BCUT2D eigenvalue weighted by Gasteiger charge is -2.45. The van der Waals surface area contributed by atoms with Gasteiger partial charge in [0.25, 0.3) is 0 Å². The van der Waals surface area contributed by atoms with Gasteiger partial charge in [0.1, 0.15) is 0 Å². The quantitative estimate of drug-likeness (QED) is 0.770. The van der Waals surface area contributed by atoms with E-state index >= 15 is 0 Å². The molecule has 1 aromatic carbocycles. The van der Waals surface area contributed by atoms with E-state index in [0.29, 0.717) is 13.2 Å². The van der Waals surface area contributed by atoms with Crippen molar-refractivity contribution >= 4 is 5.91 Å². The zero-order chi connectivity index (χ0) is 19.6. The maximum Gasteiger partial charge on any atom is 0.230 e. The summed E-state index contributed by atoms with van der Waals surface area (Å²) in [6, 6.07) is 10.3. The molecule has 3 heterocycles. The highest BCUT2D eigenvalue weighted by atomic mass is 16.5. The third-order valence-electron chi connectivity index (χ3n) is 6.39. The monoisotopic (exact) mass is 382 g/mol. The molecule has 0 unspecified atom stereocenters. The van der Waals surface area contributed by atoms with E-state index in [1.54, 1.807) is 7.11 Å². The molecule has 2 aromatic rings. The van der Waals surface area contributed by atoms with E-state index in [0.717, 1.165) is 44.5 Å². The molecule has 1 aromatic heterocycles. The summed E-state index contributed by atoms with van der Waals surface area (Å²) in [6.45, 7) is 4.22. The van der Waals surface area contributed by atoms with Crippen molar-refractivity contribution < 1.29 is 9.53 Å². The predicted molar refractivity (Wildman–Crippen MR) is 108 cm³/mol. The second kappa shape index (κ2) is 8.05. The molecular formula is C22H30N4O2. The molecule has 1 amide bonds. The standard InChI is InChI=1S/C22H30N4O2/c1-24-16-18(15-23-24)17-25-10-8-22(9-11-25)14-20(19-6-4-3-5-7-19)21(27)26(22)12-13-28-2/h3-7,15-16,20H,8-14,17H2,1-2H3/t20-/m0/s1. The summed E-state index contributed by atoms with van der Waals surface area (Å²) in [5.74, 6) is 0.242. The van der Waals surface area contributed by atoms with Crippen molar-refractivity contribution in [2.75, 3.05) is 33.4 Å². The second-order valence-electron chi connectivity index (χ2n) is 8.17. The molecule has 0 N–H and O–H groups in total. The number of hydrogen-bond acceptors (Lipinski definition) is 4. The molecule has 6 heteroatoms. The van der Waals surface area contributed by atoms with Crippen LogP contribution in [-0.4, -0.2) is 64.4 Å². The van der Waals surface area contributed by atoms with E-state index in [9.17, 15) is 4.79 Å². The van der Waals surface area contributed by atoms with Crippen LogP contribution in [-0.2, 0) is 23.1 Å². The van der Waals surface area contributed by atoms with Gasteiger partial charge >= 0.3 is 0 Å². The number of nitrogens with zero attached hydrogens (tertiary/aromatic N) is 4. The molecular weight excluding hydrogens is 352 g/mol. The number of benzene rings is 1. The maximum atomic E-state index is 13.3. The fourth-order valence-electron chi connectivity index (χ4n) is 4.89. The van der Waals surface area contributed by atoms with E-state index < -0.39 is 0 Å². The fourth-order valence-corrected chi connectivity index (χ4v) is 4.89. The number of methoxy groups -OCH3 is 1. The number of likely N-dealkylation sites (tertiary alicyclic amines) is 2. The summed E-state index contributed by atoms with van der Waals surface area (Å²) in [5.41, 5.74) is 2.35. The van der Waals surface area contributed by atoms with Crippen LogP contribution in [0, 0.1) is 0 Å². The van der Waals surface area contributed by atoms with Crippen molar-refractivity contribution in [3.05, 3.63) is 53.9 Å². The molecule has 6 nitrogen and oxygen atoms in total. The fraction of sp³-hybridized carbons (Fsp3) is 0.545. The summed E-state index contributed by atoms with van der Waals surface area (Å²) in [7, 11) is 3.66. The van der Waals surface area contributed by atoms with Crippen molar-refractivity contribution in [1.82, 2.24) is 19.6 Å². The first-order valence-corrected chi connectivity index (χ1v) is 10.2. The highest BCUT2D eigenvalue weighted by molar-refractivity contribution is 5.87. The van der Waals surface area contributed by atoms with Crippen molar-refractivity contribution in [3.63, 3.8) is 0 Å². The molecule has 4 rings (SSSR count). The number of rotatable bonds is 6. The largest absolute Gasteiger partial charge is 0.383 e. The normalized spacial score (nSPS) is 22.3. The first kappa shape index (κ1) is 19.2. The zero-order valence-corrected chi connectivity index (χ0v) is 16.9. The SMILES string of the molecule is COCCN1C(=O)[C@H](c2ccccc2)CC12CCN(Cc1cnn(C)c1)CC2. The Kier molecular flexibility index (Phi) is 5.51. The highest BCUT2D eigenvalue weighted by Gasteiger charge is 2.51. The van der Waals surface area contributed by atoms with Gasteiger partial charge in [-0.25, -0.2) is 0 Å². The Labute approximate surface area is 167 Å². The topological polar surface area (TPSA) is 50.6 Å². The number of hydrogen-bond donors (Lipinski definition) is 0. The van der Waals surface area contributed by atoms with Gasteiger partial charge < -0.3 is 9.64 Å². The number of ether oxygens (including phenoxy) is 1. The number of carbonyl (C=O) groups excluding carboxylic acids is 1. The van der Waals surface area contributed by atoms with Crippen molar-refractivity contribution in [2.45, 2.75) is 37.3 Å². The minimum Gasteiger partial charge on any atom is -0.383 e. The molecule has 1 spiro atoms. The Balaban J connectivity index is 1.49. The van der Waals surface area contributed by atoms with Gasteiger partial charge in [0.2, 0.25) is 5.91 Å². The van der Waals surface area contributed by atoms with Gasteiger partial charge in [0.15, 0.2) is 0 Å². The van der Waals surface area contributed by atoms with Gasteiger partial charge in [-0.2, -0.15) is 5.10 Å². The summed E-state index contributed by atoms with van der Waals surface area (Å²) in [6.07, 6.45) is 6.98. The van der Waals surface area contributed by atoms with Crippen LogP contribution in [0.5, 0.6) is 0 Å². The van der Waals surface area contributed by atoms with Crippen LogP contribution in [0.4, 0.5) is 0 Å². The first-order valence-electron chi connectivity index (χ1n) is 10.2. The third-order valence-corrected chi connectivity index (χ3v) is 6.39. The van der Waals surface area contributed by atoms with Crippen LogP contribution < -0.4 is 0 Å². The molecule has 28 heavy (non-hydrogen) atoms. The molecule has 0 bridgehead atoms. The average Bonchev–Trinajstić information content (AvgIpc) is 3.24. The van der Waals surface area contributed by atoms with E-state index in [1.165, 1.54) is 5.56 Å². The molecule has 0 aliphatic carbocycles. The van der Waals surface area contributed by atoms with Crippen LogP contribution in [0.2, 0.25) is 0 Å². The Hall–Kier alpha value is -2.18. The number of aromatic nitrogens is 2. The van der Waals surface area contributed by atoms with E-state index in [-0.39, 0.29) is 17.4 Å². The van der Waals surface area contributed by atoms with Crippen molar-refractivity contribution in [1.29, 1.82) is 0 Å². The van der Waals surface area contributed by atoms with Crippen LogP contribution >= 0.6 is 0 Å². The third kappa shape index (κ3) is 3.71. The van der Waals surface area contributed by atoms with Crippen molar-refractivity contribution in [3.8, 4) is 0 Å². The van der Waals surface area contributed by atoms with Gasteiger partial charge in [-0.05, 0) is 24.8 Å². The molecule has 1 atom stereocenters. The summed E-state index contributed by atoms with van der Waals surface area (Å²) in [4.78, 5) is 17.9. The van der Waals surface area contributed by atoms with Gasteiger partial charge in [-0.3, -0.25) is 14.4 Å². The van der Waals surface area contributed by atoms with Gasteiger partial charge in [-0.15, -0.1) is 0 Å². The number of carbonyl (C=O) groups is 1. The molecule has 2 saturated heterocycles. The van der Waals surface area contributed by atoms with Crippen molar-refractivity contribution in [2.24, 2.45) is 7.05 Å². The lowest BCUT2D eigenvalue weighted by Crippen LogP contribution is -2.53. The van der Waals surface area contributed by atoms with Crippen LogP contribution in [0.15, 0.2) is 42.7 Å². The number of amides is 1. The first-order chi connectivity index (χ1) is 13.6. The summed E-state index contributed by atoms with van der Waals surface area (Å²) >= 11 is 0. The highest BCUT2D eigenvalue weighted by Crippen LogP contribution is 2.45. The van der Waals surface area contributed by atoms with E-state index in [1.807, 2.05) is 36.1 Å². The average molecular weight is 383 g/mol. The van der Waals surface area contributed by atoms with E-state index in [4.69, 9.17) is 4.74 Å². The van der Waals surface area contributed by atoms with E-state index in [2.05, 4.69) is 33.2 Å². The molecule has 2 aliphatic heterocycles. The van der Waals surface area contributed by atoms with Gasteiger partial charge in [0.05, 0.1) is 18.7 Å². The Bertz CT molecular complexity index is 796. The zero-order valence-electron chi connectivity index (χ0n) is 16.9. The molecule has 0 saturated carbocycles. The Morgan fingerprint density at radius 1 is 1.21 bits per heavy atom.